The van der Waals surface area contributed by atoms with Crippen molar-refractivity contribution in [1.82, 2.24) is 19.5 Å². The van der Waals surface area contributed by atoms with Gasteiger partial charge in [0.05, 0.1) is 12.9 Å². The molecule has 0 amide bonds. The van der Waals surface area contributed by atoms with Crippen molar-refractivity contribution in [3.05, 3.63) is 47.4 Å². The number of nitrogens with one attached hydrogen (secondary N) is 1. The van der Waals surface area contributed by atoms with Crippen molar-refractivity contribution < 1.29 is 9.90 Å². The first-order valence-corrected chi connectivity index (χ1v) is 10.1. The second-order valence-corrected chi connectivity index (χ2v) is 8.43. The number of aromatic carboxylic acids is 1. The Morgan fingerprint density at radius 3 is 2.93 bits per heavy atom. The number of hydrogen-bond acceptors (Lipinski definition) is 6. The molecule has 1 aromatic carbocycles. The highest BCUT2D eigenvalue weighted by Crippen LogP contribution is 2.35. The van der Waals surface area contributed by atoms with Gasteiger partial charge in [-0.1, -0.05) is 18.2 Å². The summed E-state index contributed by atoms with van der Waals surface area (Å²) in [5.41, 5.74) is 1.15. The van der Waals surface area contributed by atoms with E-state index < -0.39 is 5.97 Å². The van der Waals surface area contributed by atoms with Gasteiger partial charge in [0.1, 0.15) is 5.52 Å². The molecule has 3 aromatic heterocycles. The topological polar surface area (TPSA) is 92.9 Å². The molecule has 8 heteroatoms. The summed E-state index contributed by atoms with van der Waals surface area (Å²) in [6.45, 7) is 2.75. The first kappa shape index (κ1) is 17.1. The van der Waals surface area contributed by atoms with E-state index in [-0.39, 0.29) is 11.9 Å². The average molecular weight is 393 g/mol. The van der Waals surface area contributed by atoms with Crippen molar-refractivity contribution in [2.75, 3.05) is 5.32 Å². The molecule has 4 aromatic rings. The Hall–Kier alpha value is -3.00. The Labute approximate surface area is 165 Å². The minimum Gasteiger partial charge on any atom is -0.475 e. The molecule has 0 spiro atoms. The number of benzene rings is 1. The molecule has 0 unspecified atom stereocenters. The number of hydrogen-bond donors (Lipinski definition) is 2. The van der Waals surface area contributed by atoms with Crippen molar-refractivity contribution in [2.24, 2.45) is 5.92 Å². The van der Waals surface area contributed by atoms with Crippen molar-refractivity contribution in [3.63, 3.8) is 0 Å². The zero-order valence-corrected chi connectivity index (χ0v) is 16.1. The van der Waals surface area contributed by atoms with Crippen LogP contribution in [-0.4, -0.2) is 36.6 Å². The number of nitrogens with zero attached hydrogens (tertiary/aromatic N) is 4. The van der Waals surface area contributed by atoms with E-state index in [0.29, 0.717) is 23.9 Å². The second-order valence-electron chi connectivity index (χ2n) is 7.27. The van der Waals surface area contributed by atoms with Crippen LogP contribution in [-0.2, 0) is 6.54 Å². The zero-order chi connectivity index (χ0) is 19.3. The molecule has 5 rings (SSSR count). The Bertz CT molecular complexity index is 1160. The van der Waals surface area contributed by atoms with Crippen LogP contribution in [0.3, 0.4) is 0 Å². The summed E-state index contributed by atoms with van der Waals surface area (Å²) in [4.78, 5) is 25.4. The molecule has 3 heterocycles. The lowest BCUT2D eigenvalue weighted by atomic mass is 10.2. The normalized spacial score (nSPS) is 15.2. The van der Waals surface area contributed by atoms with Crippen molar-refractivity contribution in [3.8, 4) is 0 Å². The Balaban J connectivity index is 1.57. The van der Waals surface area contributed by atoms with Crippen LogP contribution in [0.2, 0.25) is 0 Å². The van der Waals surface area contributed by atoms with Crippen molar-refractivity contribution in [1.29, 1.82) is 0 Å². The van der Waals surface area contributed by atoms with Gasteiger partial charge >= 0.3 is 5.97 Å². The number of fused-ring (bicyclic) bond motifs is 2. The van der Waals surface area contributed by atoms with Gasteiger partial charge in [0.15, 0.2) is 11.5 Å². The molecule has 0 bridgehead atoms. The zero-order valence-electron chi connectivity index (χ0n) is 15.3. The number of aromatic nitrogens is 4. The molecule has 142 valence electrons. The highest BCUT2D eigenvalue weighted by Gasteiger charge is 2.29. The smallest absolute Gasteiger partial charge is 0.374 e. The molecule has 1 atom stereocenters. The molecule has 1 aliphatic carbocycles. The molecular formula is C20H19N5O2S. The van der Waals surface area contributed by atoms with Gasteiger partial charge in [-0.2, -0.15) is 0 Å². The number of carboxylic acid groups (broad SMARTS) is 1. The van der Waals surface area contributed by atoms with E-state index in [1.807, 2.05) is 16.7 Å². The van der Waals surface area contributed by atoms with Gasteiger partial charge in [-0.25, -0.2) is 19.7 Å². The third-order valence-electron chi connectivity index (χ3n) is 5.16. The molecule has 2 N–H and O–H groups in total. The monoisotopic (exact) mass is 393 g/mol. The van der Waals surface area contributed by atoms with Crippen LogP contribution in [0.4, 0.5) is 5.82 Å². The molecule has 0 aliphatic heterocycles. The lowest BCUT2D eigenvalue weighted by molar-refractivity contribution is 0.0684. The van der Waals surface area contributed by atoms with Gasteiger partial charge in [0.2, 0.25) is 5.82 Å². The van der Waals surface area contributed by atoms with E-state index in [2.05, 4.69) is 45.4 Å². The number of thiophene rings is 1. The van der Waals surface area contributed by atoms with Gasteiger partial charge < -0.3 is 15.0 Å². The van der Waals surface area contributed by atoms with E-state index in [0.717, 1.165) is 5.52 Å². The van der Waals surface area contributed by atoms with Gasteiger partial charge in [0, 0.05) is 15.6 Å². The molecular weight excluding hydrogens is 374 g/mol. The molecule has 1 aliphatic rings. The van der Waals surface area contributed by atoms with Gasteiger partial charge in [-0.3, -0.25) is 0 Å². The lowest BCUT2D eigenvalue weighted by Crippen LogP contribution is -2.20. The number of imidazole rings is 1. The predicted molar refractivity (Wildman–Crippen MR) is 109 cm³/mol. The third-order valence-corrected chi connectivity index (χ3v) is 6.26. The van der Waals surface area contributed by atoms with Crippen LogP contribution in [0.15, 0.2) is 36.7 Å². The maximum absolute atomic E-state index is 11.4. The minimum atomic E-state index is -1.15. The number of carbonyl (C=O) groups is 1. The summed E-state index contributed by atoms with van der Waals surface area (Å²) in [5, 5.41) is 14.0. The maximum Gasteiger partial charge on any atom is 0.374 e. The standard InChI is InChI=1S/C20H19N5O2S/c1-11(12-6-7-12)22-18-16-17(23-19(24-18)20(26)27)21-10-25(16)9-14-8-13-4-2-3-5-15(13)28-14/h2-5,8,10-12H,6-7,9H2,1H3,(H,26,27)(H,22,23,24)/t11-/m1/s1. The molecule has 1 fully saturated rings. The van der Waals surface area contributed by atoms with E-state index in [1.165, 1.54) is 27.8 Å². The summed E-state index contributed by atoms with van der Waals surface area (Å²) in [7, 11) is 0. The van der Waals surface area contributed by atoms with Crippen LogP contribution in [0, 0.1) is 5.92 Å². The summed E-state index contributed by atoms with van der Waals surface area (Å²) < 4.78 is 3.24. The van der Waals surface area contributed by atoms with E-state index >= 15 is 0 Å². The van der Waals surface area contributed by atoms with Gasteiger partial charge in [0.25, 0.3) is 0 Å². The largest absolute Gasteiger partial charge is 0.475 e. The van der Waals surface area contributed by atoms with Crippen molar-refractivity contribution >= 4 is 44.4 Å². The fourth-order valence-corrected chi connectivity index (χ4v) is 4.57. The van der Waals surface area contributed by atoms with Crippen LogP contribution >= 0.6 is 11.3 Å². The number of carboxylic acids is 1. The van der Waals surface area contributed by atoms with Crippen LogP contribution in [0.5, 0.6) is 0 Å². The molecule has 0 saturated heterocycles. The quantitative estimate of drug-likeness (QED) is 0.514. The Kier molecular flexibility index (Phi) is 4.01. The van der Waals surface area contributed by atoms with Gasteiger partial charge in [-0.05, 0) is 43.2 Å². The first-order chi connectivity index (χ1) is 13.6. The van der Waals surface area contributed by atoms with Crippen molar-refractivity contribution in [2.45, 2.75) is 32.4 Å². The molecule has 1 saturated carbocycles. The maximum atomic E-state index is 11.4. The summed E-state index contributed by atoms with van der Waals surface area (Å²) in [6, 6.07) is 10.7. The second kappa shape index (κ2) is 6.56. The van der Waals surface area contributed by atoms with Crippen LogP contribution < -0.4 is 5.32 Å². The number of anilines is 1. The third kappa shape index (κ3) is 3.09. The van der Waals surface area contributed by atoms with E-state index in [9.17, 15) is 9.90 Å². The lowest BCUT2D eigenvalue weighted by Gasteiger charge is -2.15. The summed E-state index contributed by atoms with van der Waals surface area (Å²) in [6.07, 6.45) is 4.09. The number of rotatable bonds is 6. The summed E-state index contributed by atoms with van der Waals surface area (Å²) >= 11 is 1.74. The molecule has 28 heavy (non-hydrogen) atoms. The summed E-state index contributed by atoms with van der Waals surface area (Å²) in [5.74, 6) is -0.231. The first-order valence-electron chi connectivity index (χ1n) is 9.28. The SMILES string of the molecule is C[C@@H](Nc1nc(C(=O)O)nc2ncn(Cc3cc4ccccc4s3)c12)C1CC1. The highest BCUT2D eigenvalue weighted by molar-refractivity contribution is 7.19. The highest BCUT2D eigenvalue weighted by atomic mass is 32.1. The fourth-order valence-electron chi connectivity index (χ4n) is 3.51. The van der Waals surface area contributed by atoms with E-state index in [1.54, 1.807) is 17.7 Å². The van der Waals surface area contributed by atoms with Gasteiger partial charge in [-0.15, -0.1) is 11.3 Å². The van der Waals surface area contributed by atoms with Crippen LogP contribution in [0.25, 0.3) is 21.3 Å². The minimum absolute atomic E-state index is 0.229. The average Bonchev–Trinajstić information content (AvgIpc) is 3.34. The molecule has 7 nitrogen and oxygen atoms in total. The Morgan fingerprint density at radius 1 is 1.36 bits per heavy atom. The van der Waals surface area contributed by atoms with E-state index in [4.69, 9.17) is 0 Å². The fraction of sp³-hybridized carbons (Fsp3) is 0.300. The Morgan fingerprint density at radius 2 is 2.18 bits per heavy atom. The van der Waals surface area contributed by atoms with Crippen LogP contribution in [0.1, 0.15) is 35.3 Å². The predicted octanol–water partition coefficient (Wildman–Crippen LogP) is 4.00. The molecule has 0 radical (unpaired) electrons.